The van der Waals surface area contributed by atoms with E-state index in [9.17, 15) is 27.6 Å². The first-order valence-electron chi connectivity index (χ1n) is 6.73. The van der Waals surface area contributed by atoms with Crippen molar-refractivity contribution in [2.45, 2.75) is 18.7 Å². The van der Waals surface area contributed by atoms with Crippen molar-refractivity contribution < 1.29 is 41.8 Å². The number of methoxy groups -OCH3 is 1. The Balaban J connectivity index is 0.00000338. The fraction of sp³-hybridized carbons (Fsp3) is 0.267. The lowest BCUT2D eigenvalue weighted by Crippen LogP contribution is -2.35. The summed E-state index contributed by atoms with van der Waals surface area (Å²) in [5, 5.41) is 9.28. The van der Waals surface area contributed by atoms with Crippen LogP contribution < -0.4 is 16.5 Å². The van der Waals surface area contributed by atoms with E-state index in [1.165, 1.54) is 25.3 Å². The summed E-state index contributed by atoms with van der Waals surface area (Å²) in [5.41, 5.74) is -0.744. The summed E-state index contributed by atoms with van der Waals surface area (Å²) in [4.78, 5) is 33.6. The molecule has 26 heavy (non-hydrogen) atoms. The number of fused-ring (bicyclic) bond motifs is 1. The van der Waals surface area contributed by atoms with Crippen LogP contribution in [0.3, 0.4) is 0 Å². The Morgan fingerprint density at radius 1 is 1.27 bits per heavy atom. The molecule has 0 radical (unpaired) electrons. The first kappa shape index (κ1) is 21.0. The second-order valence-corrected chi connectivity index (χ2v) is 4.89. The van der Waals surface area contributed by atoms with Crippen LogP contribution in [0.4, 0.5) is 13.2 Å². The van der Waals surface area contributed by atoms with E-state index in [2.05, 4.69) is 4.74 Å². The van der Waals surface area contributed by atoms with Gasteiger partial charge < -0.3 is 25.1 Å². The van der Waals surface area contributed by atoms with Gasteiger partial charge >= 0.3 is 23.7 Å². The van der Waals surface area contributed by atoms with Crippen molar-refractivity contribution in [1.82, 2.24) is 6.15 Å². The Labute approximate surface area is 143 Å². The highest BCUT2D eigenvalue weighted by atomic mass is 19.4. The zero-order valence-electron chi connectivity index (χ0n) is 13.3. The van der Waals surface area contributed by atoms with Crippen molar-refractivity contribution in [2.75, 3.05) is 7.11 Å². The molecule has 8 nitrogen and oxygen atoms in total. The number of carboxylic acids is 1. The lowest BCUT2D eigenvalue weighted by Gasteiger charge is -2.15. The molecule has 2 rings (SSSR count). The maximum atomic E-state index is 12.3. The molecule has 142 valence electrons. The highest BCUT2D eigenvalue weighted by molar-refractivity contribution is 5.84. The van der Waals surface area contributed by atoms with Crippen LogP contribution >= 0.6 is 0 Å². The Morgan fingerprint density at radius 3 is 2.46 bits per heavy atom. The number of alkyl halides is 3. The number of halogens is 3. The minimum atomic E-state index is -5.33. The average molecular weight is 377 g/mol. The van der Waals surface area contributed by atoms with Crippen LogP contribution in [-0.4, -0.2) is 36.4 Å². The largest absolute Gasteiger partial charge is 0.497 e. The van der Waals surface area contributed by atoms with Gasteiger partial charge in [-0.05, 0) is 17.7 Å². The Bertz CT molecular complexity index is 876. The predicted octanol–water partition coefficient (Wildman–Crippen LogP) is 2.06. The molecule has 1 atom stereocenters. The maximum Gasteiger partial charge on any atom is 0.490 e. The molecule has 0 aliphatic heterocycles. The number of aliphatic carboxylic acids is 1. The van der Waals surface area contributed by atoms with Crippen molar-refractivity contribution in [2.24, 2.45) is 0 Å². The van der Waals surface area contributed by atoms with Gasteiger partial charge in [0.1, 0.15) is 11.3 Å². The molecule has 0 bridgehead atoms. The van der Waals surface area contributed by atoms with Gasteiger partial charge in [-0.15, -0.1) is 0 Å². The number of carbonyl (C=O) groups is 2. The highest BCUT2D eigenvalue weighted by Crippen LogP contribution is 2.25. The normalized spacial score (nSPS) is 12.2. The first-order valence-corrected chi connectivity index (χ1v) is 6.73. The molecule has 11 heteroatoms. The number of carbonyl (C=O) groups excluding carboxylic acids is 1. The minimum absolute atomic E-state index is 0. The van der Waals surface area contributed by atoms with Gasteiger partial charge in [-0.1, -0.05) is 0 Å². The van der Waals surface area contributed by atoms with Crippen LogP contribution in [0.5, 0.6) is 5.75 Å². The molecule has 0 aliphatic carbocycles. The first-order chi connectivity index (χ1) is 11.6. The van der Waals surface area contributed by atoms with Gasteiger partial charge in [0.2, 0.25) is 6.10 Å². The quantitative estimate of drug-likeness (QED) is 0.596. The third-order valence-electron chi connectivity index (χ3n) is 3.20. The van der Waals surface area contributed by atoms with E-state index in [1.807, 2.05) is 0 Å². The zero-order chi connectivity index (χ0) is 18.8. The van der Waals surface area contributed by atoms with Crippen LogP contribution in [0, 0.1) is 0 Å². The third-order valence-corrected chi connectivity index (χ3v) is 3.20. The molecule has 0 spiro atoms. The molecule has 2 aromatic rings. The molecule has 0 amide bonds. The summed E-state index contributed by atoms with van der Waals surface area (Å²) in [5.74, 6) is -4.06. The average Bonchev–Trinajstić information content (AvgIpc) is 2.52. The molecule has 4 N–H and O–H groups in total. The van der Waals surface area contributed by atoms with Crippen LogP contribution in [0.2, 0.25) is 0 Å². The molecule has 0 fully saturated rings. The lowest BCUT2D eigenvalue weighted by molar-refractivity contribution is -0.207. The number of carboxylic acid groups (broad SMARTS) is 1. The maximum absolute atomic E-state index is 12.3. The van der Waals surface area contributed by atoms with Gasteiger partial charge in [0, 0.05) is 23.9 Å². The second kappa shape index (κ2) is 7.87. The Morgan fingerprint density at radius 2 is 1.92 bits per heavy atom. The van der Waals surface area contributed by atoms with Gasteiger partial charge in [0.25, 0.3) is 0 Å². The fourth-order valence-electron chi connectivity index (χ4n) is 2.08. The van der Waals surface area contributed by atoms with Crippen LogP contribution in [0.15, 0.2) is 33.5 Å². The molecule has 0 unspecified atom stereocenters. The predicted molar refractivity (Wildman–Crippen MR) is 81.3 cm³/mol. The van der Waals surface area contributed by atoms with E-state index in [4.69, 9.17) is 14.3 Å². The fourth-order valence-corrected chi connectivity index (χ4v) is 2.08. The summed E-state index contributed by atoms with van der Waals surface area (Å²) >= 11 is 0. The Kier molecular flexibility index (Phi) is 6.34. The van der Waals surface area contributed by atoms with E-state index < -0.39 is 36.3 Å². The topological polar surface area (TPSA) is 138 Å². The summed E-state index contributed by atoms with van der Waals surface area (Å²) < 4.78 is 50.7. The van der Waals surface area contributed by atoms with Crippen LogP contribution in [0.25, 0.3) is 11.0 Å². The van der Waals surface area contributed by atoms with E-state index in [0.29, 0.717) is 5.75 Å². The molecule has 0 saturated carbocycles. The minimum Gasteiger partial charge on any atom is -0.497 e. The lowest BCUT2D eigenvalue weighted by atomic mass is 10.0. The highest BCUT2D eigenvalue weighted by Gasteiger charge is 2.43. The van der Waals surface area contributed by atoms with E-state index in [-0.39, 0.29) is 22.7 Å². The zero-order valence-corrected chi connectivity index (χ0v) is 13.3. The van der Waals surface area contributed by atoms with Crippen molar-refractivity contribution in [3.63, 3.8) is 0 Å². The molecular formula is C15H14F3NO7. The molecule has 1 aromatic carbocycles. The van der Waals surface area contributed by atoms with Gasteiger partial charge in [0.15, 0.2) is 0 Å². The van der Waals surface area contributed by atoms with Gasteiger partial charge in [0.05, 0.1) is 7.11 Å². The number of hydrogen-bond acceptors (Lipinski definition) is 7. The molecule has 1 aromatic heterocycles. The monoisotopic (exact) mass is 377 g/mol. The third kappa shape index (κ3) is 4.72. The van der Waals surface area contributed by atoms with Crippen molar-refractivity contribution in [3.8, 4) is 5.75 Å². The number of rotatable bonds is 5. The standard InChI is InChI=1S/C15H11F3O7.H3N/c1-23-8-2-3-9-7(5-12(19)24-10(9)6-8)4-11(13(20)21)25-14(22)15(16,17)18;/h2-3,5-6,11H,4H2,1H3,(H,20,21);1H3/t11-;/m1./s1. The van der Waals surface area contributed by atoms with E-state index in [0.717, 1.165) is 6.07 Å². The molecule has 0 aliphatic rings. The second-order valence-electron chi connectivity index (χ2n) is 4.89. The number of ether oxygens (including phenoxy) is 2. The number of benzene rings is 1. The number of hydrogen-bond donors (Lipinski definition) is 2. The molecular weight excluding hydrogens is 363 g/mol. The van der Waals surface area contributed by atoms with Crippen LogP contribution in [-0.2, 0) is 20.7 Å². The number of esters is 1. The van der Waals surface area contributed by atoms with E-state index in [1.54, 1.807) is 0 Å². The summed E-state index contributed by atoms with van der Waals surface area (Å²) in [6.07, 6.45) is -8.11. The summed E-state index contributed by atoms with van der Waals surface area (Å²) in [7, 11) is 1.38. The van der Waals surface area contributed by atoms with Gasteiger partial charge in [-0.25, -0.2) is 14.4 Å². The van der Waals surface area contributed by atoms with Crippen molar-refractivity contribution in [3.05, 3.63) is 40.2 Å². The van der Waals surface area contributed by atoms with Crippen LogP contribution in [0.1, 0.15) is 5.56 Å². The molecule has 1 heterocycles. The summed E-state index contributed by atoms with van der Waals surface area (Å²) in [6.45, 7) is 0. The van der Waals surface area contributed by atoms with E-state index >= 15 is 0 Å². The Hall–Kier alpha value is -3.08. The SMILES string of the molecule is COc1ccc2c(C[C@@H](OC(=O)C(F)(F)F)C(=O)O)cc(=O)oc2c1.N. The van der Waals surface area contributed by atoms with Gasteiger partial charge in [-0.2, -0.15) is 13.2 Å². The summed E-state index contributed by atoms with van der Waals surface area (Å²) in [6, 6.07) is 5.21. The van der Waals surface area contributed by atoms with Crippen molar-refractivity contribution >= 4 is 22.9 Å². The van der Waals surface area contributed by atoms with Gasteiger partial charge in [-0.3, -0.25) is 0 Å². The smallest absolute Gasteiger partial charge is 0.490 e. The molecule has 0 saturated heterocycles. The van der Waals surface area contributed by atoms with Crippen molar-refractivity contribution in [1.29, 1.82) is 0 Å².